The van der Waals surface area contributed by atoms with Crippen molar-refractivity contribution >= 4 is 21.7 Å². The van der Waals surface area contributed by atoms with Crippen molar-refractivity contribution in [3.63, 3.8) is 0 Å². The molecule has 0 aromatic heterocycles. The Bertz CT molecular complexity index is 411. The van der Waals surface area contributed by atoms with Gasteiger partial charge in [0.1, 0.15) is 6.10 Å². The number of ether oxygens (including phenoxy) is 2. The van der Waals surface area contributed by atoms with Gasteiger partial charge < -0.3 is 9.47 Å². The third-order valence-electron chi connectivity index (χ3n) is 2.44. The van der Waals surface area contributed by atoms with Crippen LogP contribution in [0.1, 0.15) is 12.0 Å². The Kier molecular flexibility index (Phi) is 4.34. The third-order valence-corrected chi connectivity index (χ3v) is 2.97. The van der Waals surface area contributed by atoms with Crippen LogP contribution in [0, 0.1) is 0 Å². The Morgan fingerprint density at radius 3 is 2.82 bits per heavy atom. The monoisotopic (exact) mass is 296 g/mol. The summed E-state index contributed by atoms with van der Waals surface area (Å²) in [4.78, 5) is 11.1. The van der Waals surface area contributed by atoms with Crippen LogP contribution >= 0.6 is 15.9 Å². The normalized spacial score (nSPS) is 19.1. The molecular formula is C13H13BrO3. The van der Waals surface area contributed by atoms with Gasteiger partial charge in [-0.05, 0) is 17.7 Å². The summed E-state index contributed by atoms with van der Waals surface area (Å²) in [5, 5.41) is 0. The van der Waals surface area contributed by atoms with Crippen molar-refractivity contribution in [1.29, 1.82) is 0 Å². The Hall–Kier alpha value is -1.13. The summed E-state index contributed by atoms with van der Waals surface area (Å²) in [5.74, 6) is 0.0912. The largest absolute Gasteiger partial charge is 0.495 e. The Labute approximate surface area is 109 Å². The highest BCUT2D eigenvalue weighted by Crippen LogP contribution is 2.12. The molecule has 0 bridgehead atoms. The number of benzene rings is 1. The molecule has 90 valence electrons. The quantitative estimate of drug-likeness (QED) is 0.857. The second-order valence-electron chi connectivity index (χ2n) is 3.87. The van der Waals surface area contributed by atoms with Crippen LogP contribution in [0.3, 0.4) is 0 Å². The van der Waals surface area contributed by atoms with E-state index < -0.39 is 0 Å². The lowest BCUT2D eigenvalue weighted by molar-refractivity contribution is -0.119. The Balaban J connectivity index is 1.74. The number of allylic oxidation sites excluding steroid dienone is 1. The minimum absolute atomic E-state index is 0.0912. The minimum atomic E-state index is -0.150. The van der Waals surface area contributed by atoms with Gasteiger partial charge in [0.2, 0.25) is 0 Å². The van der Waals surface area contributed by atoms with E-state index in [2.05, 4.69) is 15.9 Å². The van der Waals surface area contributed by atoms with Crippen LogP contribution in [-0.2, 0) is 20.9 Å². The summed E-state index contributed by atoms with van der Waals surface area (Å²) in [7, 11) is 0. The zero-order chi connectivity index (χ0) is 12.1. The molecule has 0 radical (unpaired) electrons. The summed E-state index contributed by atoms with van der Waals surface area (Å²) in [6, 6.07) is 7.94. The average Bonchev–Trinajstić information content (AvgIpc) is 2.32. The molecule has 1 aromatic carbocycles. The van der Waals surface area contributed by atoms with Crippen molar-refractivity contribution < 1.29 is 14.3 Å². The standard InChI is InChI=1S/C13H13BrO3/c14-11-3-1-10(2-4-11)8-16-9-13-7-12(15)5-6-17-13/h1-6,13H,7-9H2/t13-/m1/s1. The number of carbonyl (C=O) groups is 1. The fraction of sp³-hybridized carbons (Fsp3) is 0.308. The lowest BCUT2D eigenvalue weighted by Gasteiger charge is -2.18. The van der Waals surface area contributed by atoms with Crippen molar-refractivity contribution in [2.24, 2.45) is 0 Å². The molecule has 0 amide bonds. The zero-order valence-corrected chi connectivity index (χ0v) is 10.9. The molecule has 1 aromatic rings. The molecule has 0 aliphatic carbocycles. The summed E-state index contributed by atoms with van der Waals surface area (Å²) in [6.07, 6.45) is 3.14. The van der Waals surface area contributed by atoms with Gasteiger partial charge in [-0.25, -0.2) is 0 Å². The van der Waals surface area contributed by atoms with Gasteiger partial charge in [-0.3, -0.25) is 4.79 Å². The molecule has 1 aliphatic heterocycles. The molecule has 0 unspecified atom stereocenters. The van der Waals surface area contributed by atoms with E-state index in [1.54, 1.807) is 0 Å². The molecule has 0 fully saturated rings. The number of rotatable bonds is 4. The predicted octanol–water partition coefficient (Wildman–Crippen LogP) is 2.84. The topological polar surface area (TPSA) is 35.5 Å². The zero-order valence-electron chi connectivity index (χ0n) is 9.27. The van der Waals surface area contributed by atoms with E-state index in [0.29, 0.717) is 19.6 Å². The van der Waals surface area contributed by atoms with E-state index in [-0.39, 0.29) is 11.9 Å². The minimum Gasteiger partial charge on any atom is -0.495 e. The van der Waals surface area contributed by atoms with E-state index >= 15 is 0 Å². The number of hydrogen-bond acceptors (Lipinski definition) is 3. The van der Waals surface area contributed by atoms with Gasteiger partial charge in [0.05, 0.1) is 19.5 Å². The second-order valence-corrected chi connectivity index (χ2v) is 4.79. The fourth-order valence-electron chi connectivity index (χ4n) is 1.55. The Morgan fingerprint density at radius 2 is 2.12 bits per heavy atom. The van der Waals surface area contributed by atoms with Gasteiger partial charge in [0.25, 0.3) is 0 Å². The first-order chi connectivity index (χ1) is 8.24. The van der Waals surface area contributed by atoms with Gasteiger partial charge >= 0.3 is 0 Å². The van der Waals surface area contributed by atoms with Gasteiger partial charge in [-0.15, -0.1) is 0 Å². The van der Waals surface area contributed by atoms with Gasteiger partial charge in [0, 0.05) is 17.0 Å². The highest BCUT2D eigenvalue weighted by Gasteiger charge is 2.16. The predicted molar refractivity (Wildman–Crippen MR) is 67.4 cm³/mol. The maximum Gasteiger partial charge on any atom is 0.162 e. The van der Waals surface area contributed by atoms with Crippen molar-refractivity contribution in [2.45, 2.75) is 19.1 Å². The first-order valence-electron chi connectivity index (χ1n) is 5.41. The van der Waals surface area contributed by atoms with Crippen LogP contribution in [0.4, 0.5) is 0 Å². The third kappa shape index (κ3) is 3.98. The summed E-state index contributed by atoms with van der Waals surface area (Å²) < 4.78 is 11.8. The molecule has 2 rings (SSSR count). The number of hydrogen-bond donors (Lipinski definition) is 0. The first-order valence-corrected chi connectivity index (χ1v) is 6.20. The van der Waals surface area contributed by atoms with Crippen LogP contribution in [0.25, 0.3) is 0 Å². The fourth-order valence-corrected chi connectivity index (χ4v) is 1.82. The van der Waals surface area contributed by atoms with Crippen LogP contribution in [0.5, 0.6) is 0 Å². The second kappa shape index (κ2) is 5.98. The molecule has 1 aliphatic rings. The highest BCUT2D eigenvalue weighted by molar-refractivity contribution is 9.10. The lowest BCUT2D eigenvalue weighted by atomic mass is 10.1. The SMILES string of the molecule is O=C1C=CO[C@@H](COCc2ccc(Br)cc2)C1. The summed E-state index contributed by atoms with van der Waals surface area (Å²) in [5.41, 5.74) is 1.10. The molecule has 0 saturated carbocycles. The number of ketones is 1. The maximum atomic E-state index is 11.1. The molecule has 4 heteroatoms. The smallest absolute Gasteiger partial charge is 0.162 e. The van der Waals surface area contributed by atoms with Crippen molar-refractivity contribution in [3.8, 4) is 0 Å². The van der Waals surface area contributed by atoms with Crippen molar-refractivity contribution in [3.05, 3.63) is 46.6 Å². The molecular weight excluding hydrogens is 284 g/mol. The van der Waals surface area contributed by atoms with Crippen LogP contribution in [0.2, 0.25) is 0 Å². The molecule has 1 atom stereocenters. The van der Waals surface area contributed by atoms with E-state index in [1.165, 1.54) is 12.3 Å². The summed E-state index contributed by atoms with van der Waals surface area (Å²) in [6.45, 7) is 0.969. The van der Waals surface area contributed by atoms with Gasteiger partial charge in [-0.1, -0.05) is 28.1 Å². The molecule has 0 N–H and O–H groups in total. The lowest BCUT2D eigenvalue weighted by Crippen LogP contribution is -2.23. The number of carbonyl (C=O) groups excluding carboxylic acids is 1. The maximum absolute atomic E-state index is 11.1. The van der Waals surface area contributed by atoms with Gasteiger partial charge in [-0.2, -0.15) is 0 Å². The summed E-state index contributed by atoms with van der Waals surface area (Å²) >= 11 is 3.38. The molecule has 17 heavy (non-hydrogen) atoms. The molecule has 0 spiro atoms. The van der Waals surface area contributed by atoms with E-state index in [0.717, 1.165) is 10.0 Å². The molecule has 0 saturated heterocycles. The van der Waals surface area contributed by atoms with Crippen LogP contribution in [-0.4, -0.2) is 18.5 Å². The van der Waals surface area contributed by atoms with Crippen LogP contribution < -0.4 is 0 Å². The van der Waals surface area contributed by atoms with Gasteiger partial charge in [0.15, 0.2) is 5.78 Å². The van der Waals surface area contributed by atoms with Crippen molar-refractivity contribution in [1.82, 2.24) is 0 Å². The molecule has 3 nitrogen and oxygen atoms in total. The van der Waals surface area contributed by atoms with E-state index in [4.69, 9.17) is 9.47 Å². The molecule has 1 heterocycles. The van der Waals surface area contributed by atoms with Crippen molar-refractivity contribution in [2.75, 3.05) is 6.61 Å². The highest BCUT2D eigenvalue weighted by atomic mass is 79.9. The van der Waals surface area contributed by atoms with E-state index in [1.807, 2.05) is 24.3 Å². The Morgan fingerprint density at radius 1 is 1.35 bits per heavy atom. The van der Waals surface area contributed by atoms with E-state index in [9.17, 15) is 4.79 Å². The number of halogens is 1. The average molecular weight is 297 g/mol. The first kappa shape index (κ1) is 12.3. The van der Waals surface area contributed by atoms with Crippen LogP contribution in [0.15, 0.2) is 41.1 Å².